The molecule has 106 valence electrons. The van der Waals surface area contributed by atoms with E-state index in [2.05, 4.69) is 30.2 Å². The van der Waals surface area contributed by atoms with Gasteiger partial charge in [-0.2, -0.15) is 0 Å². The lowest BCUT2D eigenvalue weighted by Gasteiger charge is -2.29. The Hall–Kier alpha value is -1.09. The minimum absolute atomic E-state index is 0.341. The molecule has 3 heteroatoms. The van der Waals surface area contributed by atoms with Crippen molar-refractivity contribution in [2.45, 2.75) is 58.6 Å². The average Bonchev–Trinajstić information content (AvgIpc) is 2.43. The molecular weight excluding hydrogens is 236 g/mol. The first kappa shape index (κ1) is 14.3. The standard InChI is InChI=1S/C16H26N2O/c1-3-10-17-12-14-8-6-11-18-16(14)19-15-9-5-4-7-13(15)2/h6,8,11,13,15,17H,3-5,7,9-10,12H2,1-2H3. The SMILES string of the molecule is CCCNCc1cccnc1OC1CCCCC1C. The zero-order valence-electron chi connectivity index (χ0n) is 12.2. The Morgan fingerprint density at radius 2 is 2.21 bits per heavy atom. The van der Waals surface area contributed by atoms with Crippen molar-refractivity contribution in [1.29, 1.82) is 0 Å². The van der Waals surface area contributed by atoms with Gasteiger partial charge in [-0.1, -0.05) is 26.3 Å². The highest BCUT2D eigenvalue weighted by Crippen LogP contribution is 2.28. The average molecular weight is 262 g/mol. The van der Waals surface area contributed by atoms with Crippen LogP contribution in [-0.2, 0) is 6.54 Å². The molecule has 1 saturated carbocycles. The van der Waals surface area contributed by atoms with E-state index < -0.39 is 0 Å². The van der Waals surface area contributed by atoms with Crippen LogP contribution >= 0.6 is 0 Å². The van der Waals surface area contributed by atoms with Crippen LogP contribution in [0.1, 0.15) is 51.5 Å². The molecule has 1 fully saturated rings. The summed E-state index contributed by atoms with van der Waals surface area (Å²) in [5, 5.41) is 3.42. The molecule has 1 N–H and O–H groups in total. The van der Waals surface area contributed by atoms with Gasteiger partial charge in [-0.15, -0.1) is 0 Å². The fourth-order valence-electron chi connectivity index (χ4n) is 2.67. The monoisotopic (exact) mass is 262 g/mol. The van der Waals surface area contributed by atoms with Crippen molar-refractivity contribution >= 4 is 0 Å². The molecule has 2 rings (SSSR count). The molecule has 0 amide bonds. The Kier molecular flexibility index (Phi) is 5.64. The quantitative estimate of drug-likeness (QED) is 0.796. The summed E-state index contributed by atoms with van der Waals surface area (Å²) in [7, 11) is 0. The number of rotatable bonds is 6. The van der Waals surface area contributed by atoms with Gasteiger partial charge in [0.1, 0.15) is 6.10 Å². The van der Waals surface area contributed by atoms with Crippen molar-refractivity contribution in [1.82, 2.24) is 10.3 Å². The molecule has 1 heterocycles. The summed E-state index contributed by atoms with van der Waals surface area (Å²) in [6.07, 6.45) is 8.39. The van der Waals surface area contributed by atoms with Gasteiger partial charge in [0.15, 0.2) is 0 Å². The van der Waals surface area contributed by atoms with Crippen LogP contribution < -0.4 is 10.1 Å². The molecule has 19 heavy (non-hydrogen) atoms. The van der Waals surface area contributed by atoms with Crippen molar-refractivity contribution in [2.24, 2.45) is 5.92 Å². The van der Waals surface area contributed by atoms with Gasteiger partial charge < -0.3 is 10.1 Å². The number of aromatic nitrogens is 1. The van der Waals surface area contributed by atoms with E-state index in [9.17, 15) is 0 Å². The van der Waals surface area contributed by atoms with Crippen LogP contribution in [0.2, 0.25) is 0 Å². The highest BCUT2D eigenvalue weighted by Gasteiger charge is 2.23. The first-order valence-electron chi connectivity index (χ1n) is 7.62. The molecule has 2 unspecified atom stereocenters. The molecule has 0 aliphatic heterocycles. The predicted octanol–water partition coefficient (Wildman–Crippen LogP) is 3.54. The second-order valence-corrected chi connectivity index (χ2v) is 5.56. The van der Waals surface area contributed by atoms with Crippen LogP contribution in [0.5, 0.6) is 5.88 Å². The first-order valence-corrected chi connectivity index (χ1v) is 7.62. The van der Waals surface area contributed by atoms with Crippen molar-refractivity contribution in [3.63, 3.8) is 0 Å². The third kappa shape index (κ3) is 4.20. The van der Waals surface area contributed by atoms with E-state index in [1.807, 2.05) is 12.3 Å². The number of hydrogen-bond acceptors (Lipinski definition) is 3. The van der Waals surface area contributed by atoms with E-state index >= 15 is 0 Å². The topological polar surface area (TPSA) is 34.2 Å². The van der Waals surface area contributed by atoms with Gasteiger partial charge in [0.05, 0.1) is 0 Å². The molecule has 0 bridgehead atoms. The van der Waals surface area contributed by atoms with Gasteiger partial charge in [-0.25, -0.2) is 4.98 Å². The van der Waals surface area contributed by atoms with E-state index in [-0.39, 0.29) is 0 Å². The van der Waals surface area contributed by atoms with E-state index in [0.29, 0.717) is 12.0 Å². The van der Waals surface area contributed by atoms with Gasteiger partial charge in [-0.05, 0) is 44.2 Å². The van der Waals surface area contributed by atoms with Crippen LogP contribution in [0.25, 0.3) is 0 Å². The van der Waals surface area contributed by atoms with Gasteiger partial charge >= 0.3 is 0 Å². The summed E-state index contributed by atoms with van der Waals surface area (Å²) in [6, 6.07) is 4.10. The van der Waals surface area contributed by atoms with Crippen LogP contribution in [0, 0.1) is 5.92 Å². The van der Waals surface area contributed by atoms with Crippen LogP contribution in [0.15, 0.2) is 18.3 Å². The fraction of sp³-hybridized carbons (Fsp3) is 0.688. The number of hydrogen-bond donors (Lipinski definition) is 1. The van der Waals surface area contributed by atoms with Crippen LogP contribution in [0.3, 0.4) is 0 Å². The molecule has 0 spiro atoms. The lowest BCUT2D eigenvalue weighted by atomic mass is 9.88. The number of pyridine rings is 1. The summed E-state index contributed by atoms with van der Waals surface area (Å²) in [4.78, 5) is 4.42. The Bertz CT molecular complexity index is 381. The van der Waals surface area contributed by atoms with Crippen molar-refractivity contribution in [3.8, 4) is 5.88 Å². The van der Waals surface area contributed by atoms with Gasteiger partial charge in [0, 0.05) is 18.3 Å². The summed E-state index contributed by atoms with van der Waals surface area (Å²) >= 11 is 0. The first-order chi connectivity index (χ1) is 9.31. The van der Waals surface area contributed by atoms with Crippen molar-refractivity contribution in [2.75, 3.05) is 6.54 Å². The molecule has 1 aromatic heterocycles. The van der Waals surface area contributed by atoms with E-state index in [4.69, 9.17) is 4.74 Å². The van der Waals surface area contributed by atoms with Crippen LogP contribution in [-0.4, -0.2) is 17.6 Å². The van der Waals surface area contributed by atoms with Gasteiger partial charge in [0.2, 0.25) is 5.88 Å². The maximum atomic E-state index is 6.18. The molecule has 0 saturated heterocycles. The van der Waals surface area contributed by atoms with Gasteiger partial charge in [-0.3, -0.25) is 0 Å². The fourth-order valence-corrected chi connectivity index (χ4v) is 2.67. The normalized spacial score (nSPS) is 23.3. The third-order valence-electron chi connectivity index (χ3n) is 3.89. The number of nitrogens with zero attached hydrogens (tertiary/aromatic N) is 1. The molecular formula is C16H26N2O. The summed E-state index contributed by atoms with van der Waals surface area (Å²) in [5.41, 5.74) is 1.17. The second kappa shape index (κ2) is 7.49. The largest absolute Gasteiger partial charge is 0.474 e. The molecule has 0 radical (unpaired) electrons. The van der Waals surface area contributed by atoms with E-state index in [0.717, 1.165) is 25.4 Å². The predicted molar refractivity (Wildman–Crippen MR) is 78.3 cm³/mol. The summed E-state index contributed by atoms with van der Waals surface area (Å²) in [6.45, 7) is 6.35. The maximum Gasteiger partial charge on any atom is 0.218 e. The maximum absolute atomic E-state index is 6.18. The van der Waals surface area contributed by atoms with Crippen molar-refractivity contribution < 1.29 is 4.74 Å². The summed E-state index contributed by atoms with van der Waals surface area (Å²) < 4.78 is 6.18. The zero-order valence-corrected chi connectivity index (χ0v) is 12.2. The lowest BCUT2D eigenvalue weighted by molar-refractivity contribution is 0.0963. The highest BCUT2D eigenvalue weighted by molar-refractivity contribution is 5.25. The smallest absolute Gasteiger partial charge is 0.218 e. The summed E-state index contributed by atoms with van der Waals surface area (Å²) in [5.74, 6) is 1.47. The van der Waals surface area contributed by atoms with Gasteiger partial charge in [0.25, 0.3) is 0 Å². The molecule has 1 aromatic rings. The molecule has 1 aliphatic rings. The molecule has 0 aromatic carbocycles. The Labute approximate surface area is 116 Å². The lowest BCUT2D eigenvalue weighted by Crippen LogP contribution is -2.29. The van der Waals surface area contributed by atoms with E-state index in [1.165, 1.54) is 31.2 Å². The van der Waals surface area contributed by atoms with E-state index in [1.54, 1.807) is 0 Å². The minimum Gasteiger partial charge on any atom is -0.474 e. The number of ether oxygens (including phenoxy) is 1. The highest BCUT2D eigenvalue weighted by atomic mass is 16.5. The van der Waals surface area contributed by atoms with Crippen LogP contribution in [0.4, 0.5) is 0 Å². The molecule has 1 aliphatic carbocycles. The number of nitrogens with one attached hydrogen (secondary N) is 1. The van der Waals surface area contributed by atoms with Crippen molar-refractivity contribution in [3.05, 3.63) is 23.9 Å². The Morgan fingerprint density at radius 3 is 3.00 bits per heavy atom. The Morgan fingerprint density at radius 1 is 1.37 bits per heavy atom. The second-order valence-electron chi connectivity index (χ2n) is 5.56. The molecule has 3 nitrogen and oxygen atoms in total. The zero-order chi connectivity index (χ0) is 13.5. The Balaban J connectivity index is 1.98. The minimum atomic E-state index is 0.341. The third-order valence-corrected chi connectivity index (χ3v) is 3.89. The molecule has 2 atom stereocenters.